The third kappa shape index (κ3) is 6.33. The van der Waals surface area contributed by atoms with Gasteiger partial charge >= 0.3 is 0 Å². The minimum Gasteiger partial charge on any atom is -0.383 e. The third-order valence-electron chi connectivity index (χ3n) is 4.45. The van der Waals surface area contributed by atoms with Gasteiger partial charge in [0.1, 0.15) is 0 Å². The molecular formula is C22H25N3O4S. The van der Waals surface area contributed by atoms with Crippen LogP contribution in [-0.2, 0) is 9.53 Å². The molecule has 8 heteroatoms. The van der Waals surface area contributed by atoms with E-state index in [0.717, 1.165) is 12.8 Å². The van der Waals surface area contributed by atoms with Gasteiger partial charge in [-0.05, 0) is 37.1 Å². The maximum absolute atomic E-state index is 12.9. The van der Waals surface area contributed by atoms with Gasteiger partial charge in [-0.15, -0.1) is 11.8 Å². The molecule has 1 aliphatic carbocycles. The summed E-state index contributed by atoms with van der Waals surface area (Å²) in [6.07, 6.45) is 1.98. The summed E-state index contributed by atoms with van der Waals surface area (Å²) in [4.78, 5) is 38.0. The predicted octanol–water partition coefficient (Wildman–Crippen LogP) is 2.69. The Kier molecular flexibility index (Phi) is 7.87. The number of carbonyl (C=O) groups excluding carboxylic acids is 3. The van der Waals surface area contributed by atoms with Crippen molar-refractivity contribution in [1.82, 2.24) is 10.6 Å². The zero-order valence-corrected chi connectivity index (χ0v) is 17.6. The fourth-order valence-corrected chi connectivity index (χ4v) is 3.62. The van der Waals surface area contributed by atoms with Crippen molar-refractivity contribution in [3.8, 4) is 0 Å². The number of hydrogen-bond acceptors (Lipinski definition) is 5. The molecule has 0 saturated heterocycles. The molecule has 3 N–H and O–H groups in total. The first-order valence-corrected chi connectivity index (χ1v) is 10.8. The van der Waals surface area contributed by atoms with Crippen LogP contribution in [0.15, 0.2) is 53.4 Å². The molecule has 3 rings (SSSR count). The van der Waals surface area contributed by atoms with E-state index in [1.54, 1.807) is 49.6 Å². The molecular weight excluding hydrogens is 402 g/mol. The van der Waals surface area contributed by atoms with Gasteiger partial charge in [0.2, 0.25) is 5.91 Å². The number of para-hydroxylation sites is 1. The van der Waals surface area contributed by atoms with E-state index in [1.165, 1.54) is 11.8 Å². The smallest absolute Gasteiger partial charge is 0.256 e. The Morgan fingerprint density at radius 3 is 2.43 bits per heavy atom. The number of amides is 3. The highest BCUT2D eigenvalue weighted by atomic mass is 32.2. The van der Waals surface area contributed by atoms with Gasteiger partial charge in [-0.25, -0.2) is 0 Å². The van der Waals surface area contributed by atoms with Crippen LogP contribution in [0.4, 0.5) is 5.69 Å². The van der Waals surface area contributed by atoms with Crippen molar-refractivity contribution in [2.45, 2.75) is 23.8 Å². The van der Waals surface area contributed by atoms with Crippen LogP contribution in [0.5, 0.6) is 0 Å². The second-order valence-corrected chi connectivity index (χ2v) is 7.89. The number of benzene rings is 2. The lowest BCUT2D eigenvalue weighted by Crippen LogP contribution is -2.28. The predicted molar refractivity (Wildman–Crippen MR) is 117 cm³/mol. The number of ether oxygens (including phenoxy) is 1. The van der Waals surface area contributed by atoms with Crippen molar-refractivity contribution >= 4 is 35.2 Å². The molecule has 0 atom stereocenters. The molecule has 2 aromatic rings. The minimum absolute atomic E-state index is 0.130. The standard InChI is InChI=1S/C22H25N3O4S/c1-29-13-12-23-20(26)14-30-19-9-5-3-7-17(19)22(28)25-18-8-4-2-6-16(18)21(27)24-15-10-11-15/h2-9,15H,10-14H2,1H3,(H,23,26)(H,24,27)(H,25,28). The first-order valence-electron chi connectivity index (χ1n) is 9.77. The zero-order valence-electron chi connectivity index (χ0n) is 16.8. The fraction of sp³-hybridized carbons (Fsp3) is 0.318. The quantitative estimate of drug-likeness (QED) is 0.400. The van der Waals surface area contributed by atoms with E-state index in [-0.39, 0.29) is 29.5 Å². The molecule has 0 unspecified atom stereocenters. The van der Waals surface area contributed by atoms with Crippen LogP contribution in [0.1, 0.15) is 33.6 Å². The molecule has 0 heterocycles. The van der Waals surface area contributed by atoms with Gasteiger partial charge in [0.25, 0.3) is 11.8 Å². The highest BCUT2D eigenvalue weighted by molar-refractivity contribution is 8.00. The minimum atomic E-state index is -0.329. The topological polar surface area (TPSA) is 96.5 Å². The molecule has 3 amide bonds. The summed E-state index contributed by atoms with van der Waals surface area (Å²) in [5, 5.41) is 8.54. The second kappa shape index (κ2) is 10.8. The van der Waals surface area contributed by atoms with E-state index in [9.17, 15) is 14.4 Å². The summed E-state index contributed by atoms with van der Waals surface area (Å²) in [5.74, 6) is -0.461. The average Bonchev–Trinajstić information content (AvgIpc) is 3.57. The summed E-state index contributed by atoms with van der Waals surface area (Å²) in [7, 11) is 1.57. The Morgan fingerprint density at radius 1 is 1.00 bits per heavy atom. The highest BCUT2D eigenvalue weighted by Gasteiger charge is 2.25. The molecule has 158 valence electrons. The largest absolute Gasteiger partial charge is 0.383 e. The van der Waals surface area contributed by atoms with E-state index in [0.29, 0.717) is 34.9 Å². The van der Waals surface area contributed by atoms with Crippen LogP contribution < -0.4 is 16.0 Å². The van der Waals surface area contributed by atoms with Gasteiger partial charge < -0.3 is 20.7 Å². The number of nitrogens with one attached hydrogen (secondary N) is 3. The summed E-state index contributed by atoms with van der Waals surface area (Å²) < 4.78 is 4.91. The Morgan fingerprint density at radius 2 is 1.70 bits per heavy atom. The van der Waals surface area contributed by atoms with Gasteiger partial charge in [0, 0.05) is 24.6 Å². The van der Waals surface area contributed by atoms with Gasteiger partial charge in [-0.3, -0.25) is 14.4 Å². The molecule has 0 radical (unpaired) electrons. The lowest BCUT2D eigenvalue weighted by atomic mass is 10.1. The first kappa shape index (κ1) is 21.9. The van der Waals surface area contributed by atoms with Crippen molar-refractivity contribution in [2.75, 3.05) is 31.3 Å². The third-order valence-corrected chi connectivity index (χ3v) is 5.52. The van der Waals surface area contributed by atoms with E-state index < -0.39 is 0 Å². The molecule has 1 fully saturated rings. The van der Waals surface area contributed by atoms with Crippen molar-refractivity contribution in [2.24, 2.45) is 0 Å². The van der Waals surface area contributed by atoms with Crippen molar-refractivity contribution < 1.29 is 19.1 Å². The van der Waals surface area contributed by atoms with Crippen LogP contribution in [0.2, 0.25) is 0 Å². The van der Waals surface area contributed by atoms with Crippen molar-refractivity contribution in [1.29, 1.82) is 0 Å². The molecule has 0 aromatic heterocycles. The van der Waals surface area contributed by atoms with Crippen molar-refractivity contribution in [3.63, 3.8) is 0 Å². The summed E-state index contributed by atoms with van der Waals surface area (Å²) in [6, 6.07) is 14.3. The lowest BCUT2D eigenvalue weighted by Gasteiger charge is -2.13. The van der Waals surface area contributed by atoms with Gasteiger partial charge in [0.05, 0.1) is 29.2 Å². The molecule has 0 spiro atoms. The Bertz CT molecular complexity index is 915. The number of thioether (sulfide) groups is 1. The SMILES string of the molecule is COCCNC(=O)CSc1ccccc1C(=O)Nc1ccccc1C(=O)NC1CC1. The highest BCUT2D eigenvalue weighted by Crippen LogP contribution is 2.25. The summed E-state index contributed by atoms with van der Waals surface area (Å²) in [5.41, 5.74) is 1.34. The van der Waals surface area contributed by atoms with Gasteiger partial charge in [0.15, 0.2) is 0 Å². The molecule has 7 nitrogen and oxygen atoms in total. The number of rotatable bonds is 10. The second-order valence-electron chi connectivity index (χ2n) is 6.88. The van der Waals surface area contributed by atoms with Crippen LogP contribution in [0.25, 0.3) is 0 Å². The van der Waals surface area contributed by atoms with E-state index in [4.69, 9.17) is 4.74 Å². The number of anilines is 1. The van der Waals surface area contributed by atoms with E-state index in [2.05, 4.69) is 16.0 Å². The van der Waals surface area contributed by atoms with Gasteiger partial charge in [-0.1, -0.05) is 24.3 Å². The maximum atomic E-state index is 12.9. The summed E-state index contributed by atoms with van der Waals surface area (Å²) in [6.45, 7) is 0.890. The van der Waals surface area contributed by atoms with Crippen LogP contribution in [0.3, 0.4) is 0 Å². The fourth-order valence-electron chi connectivity index (χ4n) is 2.74. The maximum Gasteiger partial charge on any atom is 0.256 e. The van der Waals surface area contributed by atoms with Crippen LogP contribution in [-0.4, -0.2) is 49.8 Å². The first-order chi connectivity index (χ1) is 14.6. The Labute approximate surface area is 180 Å². The molecule has 0 bridgehead atoms. The normalized spacial score (nSPS) is 12.8. The molecule has 30 heavy (non-hydrogen) atoms. The van der Waals surface area contributed by atoms with Crippen LogP contribution >= 0.6 is 11.8 Å². The monoisotopic (exact) mass is 427 g/mol. The molecule has 1 saturated carbocycles. The van der Waals surface area contributed by atoms with E-state index in [1.807, 2.05) is 6.07 Å². The molecule has 1 aliphatic rings. The molecule has 2 aromatic carbocycles. The van der Waals surface area contributed by atoms with Crippen molar-refractivity contribution in [3.05, 3.63) is 59.7 Å². The summed E-state index contributed by atoms with van der Waals surface area (Å²) >= 11 is 1.29. The zero-order chi connectivity index (χ0) is 21.3. The Hall–Kier alpha value is -2.84. The number of carbonyl (C=O) groups is 3. The van der Waals surface area contributed by atoms with Crippen LogP contribution in [0, 0.1) is 0 Å². The number of hydrogen-bond donors (Lipinski definition) is 3. The number of methoxy groups -OCH3 is 1. The van der Waals surface area contributed by atoms with E-state index >= 15 is 0 Å². The Balaban J connectivity index is 1.66. The van der Waals surface area contributed by atoms with Gasteiger partial charge in [-0.2, -0.15) is 0 Å². The average molecular weight is 428 g/mol. The lowest BCUT2D eigenvalue weighted by molar-refractivity contribution is -0.118. The molecule has 0 aliphatic heterocycles.